The lowest BCUT2D eigenvalue weighted by Crippen LogP contribution is -2.33. The minimum absolute atomic E-state index is 0.335. The van der Waals surface area contributed by atoms with Gasteiger partial charge in [-0.1, -0.05) is 170 Å². The van der Waals surface area contributed by atoms with Crippen LogP contribution < -0.4 is 5.32 Å². The van der Waals surface area contributed by atoms with E-state index in [1.54, 1.807) is 0 Å². The van der Waals surface area contributed by atoms with Gasteiger partial charge in [-0.05, 0) is 67.9 Å². The Labute approximate surface area is 307 Å². The van der Waals surface area contributed by atoms with Crippen LogP contribution in [0.25, 0.3) is 66.1 Å². The van der Waals surface area contributed by atoms with Crippen LogP contribution in [0.4, 0.5) is 0 Å². The highest BCUT2D eigenvalue weighted by molar-refractivity contribution is 6.22. The molecule has 9 aromatic rings. The van der Waals surface area contributed by atoms with Gasteiger partial charge in [0.25, 0.3) is 0 Å². The number of nitrogens with zero attached hydrogens (tertiary/aromatic N) is 2. The molecule has 53 heavy (non-hydrogen) atoms. The van der Waals surface area contributed by atoms with E-state index in [0.717, 1.165) is 55.6 Å². The molecule has 1 atom stereocenters. The first kappa shape index (κ1) is 30.8. The van der Waals surface area contributed by atoms with E-state index in [4.69, 9.17) is 14.4 Å². The average Bonchev–Trinajstić information content (AvgIpc) is 3.62. The Bertz CT molecular complexity index is 2830. The van der Waals surface area contributed by atoms with E-state index >= 15 is 0 Å². The second-order valence-electron chi connectivity index (χ2n) is 13.4. The summed E-state index contributed by atoms with van der Waals surface area (Å²) in [4.78, 5) is 10.4. The minimum Gasteiger partial charge on any atom is -0.456 e. The van der Waals surface area contributed by atoms with Crippen LogP contribution in [0.1, 0.15) is 22.9 Å². The van der Waals surface area contributed by atoms with Gasteiger partial charge in [0.05, 0.1) is 0 Å². The molecule has 2 heterocycles. The van der Waals surface area contributed by atoms with Crippen molar-refractivity contribution >= 4 is 44.4 Å². The molecule has 0 saturated heterocycles. The zero-order valence-electron chi connectivity index (χ0n) is 28.8. The number of hydrogen-bond acceptors (Lipinski definition) is 4. The molecule has 0 spiro atoms. The molecule has 0 amide bonds. The van der Waals surface area contributed by atoms with Crippen molar-refractivity contribution in [1.29, 1.82) is 0 Å². The molecule has 4 nitrogen and oxygen atoms in total. The normalized spacial score (nSPS) is 14.2. The molecule has 4 heteroatoms. The average molecular weight is 680 g/mol. The van der Waals surface area contributed by atoms with Crippen LogP contribution in [0.15, 0.2) is 202 Å². The Morgan fingerprint density at radius 2 is 1.02 bits per heavy atom. The maximum absolute atomic E-state index is 6.55. The van der Waals surface area contributed by atoms with Gasteiger partial charge in [-0.2, -0.15) is 0 Å². The smallest absolute Gasteiger partial charge is 0.160 e. The molecule has 0 aliphatic carbocycles. The van der Waals surface area contributed by atoms with Crippen molar-refractivity contribution in [2.45, 2.75) is 6.17 Å². The Kier molecular flexibility index (Phi) is 7.51. The summed E-state index contributed by atoms with van der Waals surface area (Å²) in [6, 6.07) is 65.8. The van der Waals surface area contributed by atoms with Gasteiger partial charge in [-0.25, -0.2) is 9.98 Å². The third-order valence-corrected chi connectivity index (χ3v) is 10.2. The van der Waals surface area contributed by atoms with E-state index in [2.05, 4.69) is 157 Å². The van der Waals surface area contributed by atoms with Crippen LogP contribution in [0.5, 0.6) is 0 Å². The van der Waals surface area contributed by atoms with E-state index in [1.807, 2.05) is 36.4 Å². The highest BCUT2D eigenvalue weighted by Gasteiger charge is 2.24. The Morgan fingerprint density at radius 1 is 0.434 bits per heavy atom. The third-order valence-electron chi connectivity index (χ3n) is 10.2. The Balaban J connectivity index is 1.03. The van der Waals surface area contributed by atoms with Crippen molar-refractivity contribution in [3.05, 3.63) is 205 Å². The minimum atomic E-state index is -0.335. The fourth-order valence-corrected chi connectivity index (χ4v) is 7.48. The number of hydrogen-bond donors (Lipinski definition) is 1. The highest BCUT2D eigenvalue weighted by atomic mass is 16.3. The summed E-state index contributed by atoms with van der Waals surface area (Å²) >= 11 is 0. The van der Waals surface area contributed by atoms with Gasteiger partial charge in [-0.15, -0.1) is 0 Å². The summed E-state index contributed by atoms with van der Waals surface area (Å²) in [5, 5.41) is 8.12. The largest absolute Gasteiger partial charge is 0.456 e. The Hall–Kier alpha value is -7.04. The lowest BCUT2D eigenvalue weighted by Gasteiger charge is -2.24. The molecule has 1 aliphatic heterocycles. The number of fused-ring (bicyclic) bond motifs is 4. The summed E-state index contributed by atoms with van der Waals surface area (Å²) in [6.45, 7) is 0. The highest BCUT2D eigenvalue weighted by Crippen LogP contribution is 2.37. The summed E-state index contributed by atoms with van der Waals surface area (Å²) in [5.74, 6) is 1.45. The number of furan rings is 1. The van der Waals surface area contributed by atoms with Crippen molar-refractivity contribution in [3.8, 4) is 33.4 Å². The molecule has 0 radical (unpaired) electrons. The van der Waals surface area contributed by atoms with Crippen LogP contribution in [0.2, 0.25) is 0 Å². The lowest BCUT2D eigenvalue weighted by atomic mass is 9.97. The van der Waals surface area contributed by atoms with Crippen molar-refractivity contribution in [1.82, 2.24) is 5.32 Å². The molecule has 1 aliphatic rings. The molecule has 1 unspecified atom stereocenters. The fraction of sp³-hybridized carbons (Fsp3) is 0.0204. The number of nitrogens with one attached hydrogen (secondary N) is 1. The fourth-order valence-electron chi connectivity index (χ4n) is 7.48. The molecule has 0 fully saturated rings. The maximum Gasteiger partial charge on any atom is 0.160 e. The molecule has 250 valence electrons. The van der Waals surface area contributed by atoms with Crippen LogP contribution >= 0.6 is 0 Å². The van der Waals surface area contributed by atoms with Crippen molar-refractivity contribution in [3.63, 3.8) is 0 Å². The van der Waals surface area contributed by atoms with E-state index in [1.165, 1.54) is 33.0 Å². The summed E-state index contributed by atoms with van der Waals surface area (Å²) in [6.07, 6.45) is -0.335. The second kappa shape index (κ2) is 12.9. The quantitative estimate of drug-likeness (QED) is 0.190. The van der Waals surface area contributed by atoms with Gasteiger partial charge in [0.2, 0.25) is 0 Å². The number of amidine groups is 2. The van der Waals surface area contributed by atoms with Crippen molar-refractivity contribution in [2.24, 2.45) is 9.98 Å². The van der Waals surface area contributed by atoms with Crippen LogP contribution in [-0.2, 0) is 0 Å². The zero-order chi connectivity index (χ0) is 35.1. The number of benzene rings is 8. The lowest BCUT2D eigenvalue weighted by molar-refractivity contribution is 0.668. The first-order valence-corrected chi connectivity index (χ1v) is 17.9. The van der Waals surface area contributed by atoms with Gasteiger partial charge in [0.15, 0.2) is 5.84 Å². The van der Waals surface area contributed by atoms with Crippen molar-refractivity contribution in [2.75, 3.05) is 0 Å². The molecule has 0 bridgehead atoms. The molecule has 1 aromatic heterocycles. The predicted octanol–water partition coefficient (Wildman–Crippen LogP) is 12.2. The van der Waals surface area contributed by atoms with Gasteiger partial charge in [0.1, 0.15) is 23.2 Å². The number of aliphatic imine (C=N–C) groups is 2. The summed E-state index contributed by atoms with van der Waals surface area (Å²) < 4.78 is 6.55. The molecule has 8 aromatic carbocycles. The van der Waals surface area contributed by atoms with Gasteiger partial charge in [0, 0.05) is 21.9 Å². The second-order valence-corrected chi connectivity index (χ2v) is 13.4. The first-order chi connectivity index (χ1) is 26.2. The molecular formula is C49H33N3O. The van der Waals surface area contributed by atoms with Gasteiger partial charge >= 0.3 is 0 Å². The molecule has 0 saturated carbocycles. The SMILES string of the molecule is c1ccc(C2=NC(c3cccc4oc5cc(-c6cccc7ccccc67)ccc5c34)=NC(c3ccc(-c4ccc(-c5ccccc5)cc4)cc3)N2)cc1. The maximum atomic E-state index is 6.55. The summed E-state index contributed by atoms with van der Waals surface area (Å²) in [7, 11) is 0. The van der Waals surface area contributed by atoms with E-state index in [0.29, 0.717) is 5.84 Å². The predicted molar refractivity (Wildman–Crippen MR) is 219 cm³/mol. The van der Waals surface area contributed by atoms with Gasteiger partial charge in [-0.3, -0.25) is 0 Å². The standard InChI is InChI=1S/C49H33N3O/c1-3-11-32(12-4-1)33-21-23-34(24-22-33)35-25-27-38(28-26-35)48-50-47(37-14-5-2-6-15-37)51-49(52-48)43-19-10-20-44-46(43)42-30-29-39(31-45(42)53-44)41-18-9-16-36-13-7-8-17-40(36)41/h1-31,48H,(H,50,51,52). The first-order valence-electron chi connectivity index (χ1n) is 17.9. The van der Waals surface area contributed by atoms with Crippen LogP contribution in [0, 0.1) is 0 Å². The van der Waals surface area contributed by atoms with E-state index in [-0.39, 0.29) is 6.17 Å². The molecule has 1 N–H and O–H groups in total. The zero-order valence-corrected chi connectivity index (χ0v) is 28.8. The van der Waals surface area contributed by atoms with E-state index < -0.39 is 0 Å². The van der Waals surface area contributed by atoms with Crippen LogP contribution in [-0.4, -0.2) is 11.7 Å². The number of rotatable bonds is 6. The Morgan fingerprint density at radius 3 is 1.77 bits per heavy atom. The molecular weight excluding hydrogens is 647 g/mol. The summed E-state index contributed by atoms with van der Waals surface area (Å²) in [5.41, 5.74) is 11.7. The third kappa shape index (κ3) is 5.67. The van der Waals surface area contributed by atoms with Gasteiger partial charge < -0.3 is 9.73 Å². The molecule has 10 rings (SSSR count). The monoisotopic (exact) mass is 679 g/mol. The van der Waals surface area contributed by atoms with Crippen molar-refractivity contribution < 1.29 is 4.42 Å². The van der Waals surface area contributed by atoms with Crippen LogP contribution in [0.3, 0.4) is 0 Å². The topological polar surface area (TPSA) is 49.9 Å². The van der Waals surface area contributed by atoms with E-state index in [9.17, 15) is 0 Å².